The normalized spacial score (nSPS) is 31.1. The Hall–Kier alpha value is -0.410. The van der Waals surface area contributed by atoms with E-state index in [1.807, 2.05) is 0 Å². The van der Waals surface area contributed by atoms with Crippen molar-refractivity contribution in [2.45, 2.75) is 64.1 Å². The van der Waals surface area contributed by atoms with Gasteiger partial charge < -0.3 is 4.90 Å². The number of hydrogen-bond acceptors (Lipinski definition) is 3. The molecule has 0 aromatic carbocycles. The van der Waals surface area contributed by atoms with Gasteiger partial charge in [0.1, 0.15) is 5.78 Å². The Balaban J connectivity index is 2.15. The molecule has 2 aliphatic heterocycles. The molecule has 3 atom stereocenters. The Morgan fingerprint density at radius 3 is 2.22 bits per heavy atom. The van der Waals surface area contributed by atoms with Crippen LogP contribution in [0.4, 0.5) is 0 Å². The number of fused-ring (bicyclic) bond motifs is 2. The van der Waals surface area contributed by atoms with Gasteiger partial charge in [-0.3, -0.25) is 9.69 Å². The van der Waals surface area contributed by atoms with Gasteiger partial charge in [0.25, 0.3) is 0 Å². The maximum atomic E-state index is 11.8. The average Bonchev–Trinajstić information content (AvgIpc) is 2.24. The molecule has 104 valence electrons. The smallest absolute Gasteiger partial charge is 0.136 e. The number of Topliss-reactive ketones (excluding diaryl/α,β-unsaturated/α-hetero) is 1. The lowest BCUT2D eigenvalue weighted by atomic mass is 9.81. The molecule has 2 aliphatic rings. The van der Waals surface area contributed by atoms with E-state index in [0.717, 1.165) is 19.4 Å². The first kappa shape index (κ1) is 14.0. The van der Waals surface area contributed by atoms with Crippen molar-refractivity contribution in [3.8, 4) is 0 Å². The van der Waals surface area contributed by atoms with Gasteiger partial charge in [-0.15, -0.1) is 0 Å². The zero-order valence-corrected chi connectivity index (χ0v) is 12.4. The van der Waals surface area contributed by atoms with Gasteiger partial charge in [0, 0.05) is 37.5 Å². The molecule has 0 aromatic rings. The molecule has 0 aliphatic carbocycles. The van der Waals surface area contributed by atoms with Crippen LogP contribution >= 0.6 is 0 Å². The molecule has 0 N–H and O–H groups in total. The predicted molar refractivity (Wildman–Crippen MR) is 74.7 cm³/mol. The number of hydrogen-bond donors (Lipinski definition) is 0. The second kappa shape index (κ2) is 5.70. The summed E-state index contributed by atoms with van der Waals surface area (Å²) in [7, 11) is 4.31. The molecule has 18 heavy (non-hydrogen) atoms. The molecule has 0 amide bonds. The summed E-state index contributed by atoms with van der Waals surface area (Å²) in [4.78, 5) is 16.8. The number of carbonyl (C=O) groups is 1. The number of ketones is 1. The molecule has 2 heterocycles. The summed E-state index contributed by atoms with van der Waals surface area (Å²) >= 11 is 0. The highest BCUT2D eigenvalue weighted by Gasteiger charge is 2.41. The number of carbonyl (C=O) groups excluding carboxylic acids is 1. The fourth-order valence-electron chi connectivity index (χ4n) is 3.77. The average molecular weight is 252 g/mol. The lowest BCUT2D eigenvalue weighted by molar-refractivity contribution is -0.130. The Labute approximate surface area is 112 Å². The van der Waals surface area contributed by atoms with Crippen molar-refractivity contribution in [1.82, 2.24) is 9.80 Å². The van der Waals surface area contributed by atoms with Gasteiger partial charge in [-0.25, -0.2) is 0 Å². The number of piperidine rings is 2. The largest absolute Gasteiger partial charge is 0.308 e. The van der Waals surface area contributed by atoms with E-state index in [-0.39, 0.29) is 0 Å². The number of nitrogens with zero attached hydrogens (tertiary/aromatic N) is 2. The number of likely N-dealkylation sites (N-methyl/N-ethyl adjacent to an activating group) is 1. The molecule has 2 rings (SSSR count). The zero-order chi connectivity index (χ0) is 13.3. The van der Waals surface area contributed by atoms with E-state index < -0.39 is 0 Å². The first-order valence-corrected chi connectivity index (χ1v) is 7.43. The highest BCUT2D eigenvalue weighted by atomic mass is 16.1. The number of rotatable bonds is 4. The molecule has 3 unspecified atom stereocenters. The van der Waals surface area contributed by atoms with Crippen LogP contribution in [0.1, 0.15) is 46.0 Å². The van der Waals surface area contributed by atoms with Crippen LogP contribution < -0.4 is 0 Å². The molecule has 0 spiro atoms. The van der Waals surface area contributed by atoms with E-state index in [1.54, 1.807) is 0 Å². The van der Waals surface area contributed by atoms with Gasteiger partial charge in [0.2, 0.25) is 0 Å². The molecule has 2 saturated heterocycles. The summed E-state index contributed by atoms with van der Waals surface area (Å²) in [6.07, 6.45) is 5.35. The van der Waals surface area contributed by atoms with E-state index in [1.165, 1.54) is 19.3 Å². The van der Waals surface area contributed by atoms with Gasteiger partial charge >= 0.3 is 0 Å². The van der Waals surface area contributed by atoms with Gasteiger partial charge in [0.15, 0.2) is 0 Å². The summed E-state index contributed by atoms with van der Waals surface area (Å²) in [5.41, 5.74) is 0. The fourth-order valence-corrected chi connectivity index (χ4v) is 3.77. The van der Waals surface area contributed by atoms with Gasteiger partial charge in [0.05, 0.1) is 0 Å². The van der Waals surface area contributed by atoms with Crippen LogP contribution in [0.5, 0.6) is 0 Å². The van der Waals surface area contributed by atoms with Crippen molar-refractivity contribution >= 4 is 5.78 Å². The molecule has 0 saturated carbocycles. The standard InChI is InChI=1S/C15H28N2O/c1-11(2)15(10-16(3)4)17-12-6-5-7-13(17)9-14(18)8-12/h11-13,15H,5-10H2,1-4H3. The Morgan fingerprint density at radius 2 is 1.78 bits per heavy atom. The Kier molecular flexibility index (Phi) is 4.44. The van der Waals surface area contributed by atoms with E-state index in [9.17, 15) is 4.79 Å². The minimum absolute atomic E-state index is 0.494. The SMILES string of the molecule is CC(C)C(CN(C)C)N1C2CCCC1CC(=O)C2. The molecular weight excluding hydrogens is 224 g/mol. The summed E-state index contributed by atoms with van der Waals surface area (Å²) < 4.78 is 0. The van der Waals surface area contributed by atoms with Gasteiger partial charge in [-0.05, 0) is 32.9 Å². The van der Waals surface area contributed by atoms with E-state index in [0.29, 0.717) is 29.8 Å². The Bertz CT molecular complexity index is 285. The van der Waals surface area contributed by atoms with Gasteiger partial charge in [-0.2, -0.15) is 0 Å². The maximum absolute atomic E-state index is 11.8. The van der Waals surface area contributed by atoms with Crippen LogP contribution in [-0.4, -0.2) is 54.3 Å². The second-order valence-electron chi connectivity index (χ2n) is 6.71. The second-order valence-corrected chi connectivity index (χ2v) is 6.71. The third-order valence-corrected chi connectivity index (χ3v) is 4.55. The molecule has 3 nitrogen and oxygen atoms in total. The molecule has 2 fully saturated rings. The third-order valence-electron chi connectivity index (χ3n) is 4.55. The van der Waals surface area contributed by atoms with Crippen LogP contribution in [0.3, 0.4) is 0 Å². The van der Waals surface area contributed by atoms with Crippen molar-refractivity contribution in [1.29, 1.82) is 0 Å². The maximum Gasteiger partial charge on any atom is 0.136 e. The third kappa shape index (κ3) is 2.94. The van der Waals surface area contributed by atoms with Crippen molar-refractivity contribution in [3.63, 3.8) is 0 Å². The lowest BCUT2D eigenvalue weighted by Crippen LogP contribution is -2.60. The van der Waals surface area contributed by atoms with Crippen LogP contribution in [0, 0.1) is 5.92 Å². The van der Waals surface area contributed by atoms with Crippen LogP contribution in [-0.2, 0) is 4.79 Å². The lowest BCUT2D eigenvalue weighted by Gasteiger charge is -2.51. The monoisotopic (exact) mass is 252 g/mol. The van der Waals surface area contributed by atoms with Crippen molar-refractivity contribution in [2.75, 3.05) is 20.6 Å². The van der Waals surface area contributed by atoms with Crippen molar-refractivity contribution < 1.29 is 4.79 Å². The van der Waals surface area contributed by atoms with Crippen LogP contribution in [0.2, 0.25) is 0 Å². The van der Waals surface area contributed by atoms with E-state index in [4.69, 9.17) is 0 Å². The highest BCUT2D eigenvalue weighted by molar-refractivity contribution is 5.80. The van der Waals surface area contributed by atoms with Crippen LogP contribution in [0.25, 0.3) is 0 Å². The quantitative estimate of drug-likeness (QED) is 0.766. The van der Waals surface area contributed by atoms with Crippen molar-refractivity contribution in [3.05, 3.63) is 0 Å². The summed E-state index contributed by atoms with van der Waals surface area (Å²) in [6, 6.07) is 1.65. The highest BCUT2D eigenvalue weighted by Crippen LogP contribution is 2.35. The van der Waals surface area contributed by atoms with Crippen LogP contribution in [0.15, 0.2) is 0 Å². The minimum Gasteiger partial charge on any atom is -0.308 e. The Morgan fingerprint density at radius 1 is 1.22 bits per heavy atom. The van der Waals surface area contributed by atoms with E-state index >= 15 is 0 Å². The molecule has 0 aromatic heterocycles. The van der Waals surface area contributed by atoms with E-state index in [2.05, 4.69) is 37.7 Å². The summed E-state index contributed by atoms with van der Waals surface area (Å²) in [6.45, 7) is 5.75. The fraction of sp³-hybridized carbons (Fsp3) is 0.933. The van der Waals surface area contributed by atoms with Crippen molar-refractivity contribution in [2.24, 2.45) is 5.92 Å². The molecular formula is C15H28N2O. The first-order valence-electron chi connectivity index (χ1n) is 7.43. The van der Waals surface area contributed by atoms with Gasteiger partial charge in [-0.1, -0.05) is 20.3 Å². The zero-order valence-electron chi connectivity index (χ0n) is 12.4. The first-order chi connectivity index (χ1) is 8.49. The molecule has 0 radical (unpaired) electrons. The minimum atomic E-state index is 0.494. The predicted octanol–water partition coefficient (Wildman–Crippen LogP) is 2.16. The topological polar surface area (TPSA) is 23.6 Å². The molecule has 3 heteroatoms. The molecule has 2 bridgehead atoms. The summed E-state index contributed by atoms with van der Waals surface area (Å²) in [5, 5.41) is 0. The summed E-state index contributed by atoms with van der Waals surface area (Å²) in [5.74, 6) is 1.15.